The van der Waals surface area contributed by atoms with E-state index in [1.54, 1.807) is 18.2 Å². The Hall–Kier alpha value is -2.82. The van der Waals surface area contributed by atoms with Gasteiger partial charge in [-0.25, -0.2) is 9.18 Å². The van der Waals surface area contributed by atoms with E-state index < -0.39 is 0 Å². The molecule has 1 aliphatic heterocycles. The highest BCUT2D eigenvalue weighted by Crippen LogP contribution is 2.37. The summed E-state index contributed by atoms with van der Waals surface area (Å²) in [6.07, 6.45) is 2.93. The molecule has 5 heteroatoms. The molecule has 1 aliphatic rings. The zero-order chi connectivity index (χ0) is 19.0. The number of benzene rings is 2. The second kappa shape index (κ2) is 7.06. The van der Waals surface area contributed by atoms with Crippen molar-refractivity contribution in [1.82, 2.24) is 0 Å². The number of hydrogen-bond acceptors (Lipinski definition) is 4. The maximum atomic E-state index is 13.2. The lowest BCUT2D eigenvalue weighted by atomic mass is 9.98. The zero-order valence-electron chi connectivity index (χ0n) is 15.5. The SMILES string of the molecule is CCCCc1cc(=O)oc2c(C)c3c(cc12)CN(c1ccc(F)cc1)CO3. The third kappa shape index (κ3) is 3.29. The van der Waals surface area contributed by atoms with Gasteiger partial charge in [-0.2, -0.15) is 0 Å². The number of hydrogen-bond donors (Lipinski definition) is 0. The molecule has 1 aromatic heterocycles. The summed E-state index contributed by atoms with van der Waals surface area (Å²) < 4.78 is 24.7. The Kier molecular flexibility index (Phi) is 4.60. The van der Waals surface area contributed by atoms with Gasteiger partial charge < -0.3 is 14.1 Å². The highest BCUT2D eigenvalue weighted by Gasteiger charge is 2.23. The highest BCUT2D eigenvalue weighted by atomic mass is 19.1. The van der Waals surface area contributed by atoms with E-state index in [4.69, 9.17) is 9.15 Å². The van der Waals surface area contributed by atoms with Gasteiger partial charge in [-0.3, -0.25) is 0 Å². The van der Waals surface area contributed by atoms with Crippen LogP contribution in [0.3, 0.4) is 0 Å². The number of fused-ring (bicyclic) bond motifs is 2. The standard InChI is InChI=1S/C22H22FNO3/c1-3-4-5-15-11-20(25)27-22-14(2)21-16(10-19(15)22)12-24(13-26-21)18-8-6-17(23)7-9-18/h6-11H,3-5,12-13H2,1-2H3. The van der Waals surface area contributed by atoms with Crippen molar-refractivity contribution < 1.29 is 13.5 Å². The van der Waals surface area contributed by atoms with Crippen LogP contribution in [0, 0.1) is 12.7 Å². The Labute approximate surface area is 157 Å². The summed E-state index contributed by atoms with van der Waals surface area (Å²) in [5, 5.41) is 0.976. The molecule has 3 aromatic rings. The molecule has 0 spiro atoms. The lowest BCUT2D eigenvalue weighted by Gasteiger charge is -2.32. The molecule has 0 N–H and O–H groups in total. The van der Waals surface area contributed by atoms with Crippen LogP contribution in [0.25, 0.3) is 11.0 Å². The average molecular weight is 367 g/mol. The maximum Gasteiger partial charge on any atom is 0.336 e. The van der Waals surface area contributed by atoms with Gasteiger partial charge >= 0.3 is 5.63 Å². The second-order valence-corrected chi connectivity index (χ2v) is 7.01. The van der Waals surface area contributed by atoms with Gasteiger partial charge in [-0.05, 0) is 55.7 Å². The minimum absolute atomic E-state index is 0.255. The van der Waals surface area contributed by atoms with Crippen LogP contribution < -0.4 is 15.3 Å². The monoisotopic (exact) mass is 367 g/mol. The maximum absolute atomic E-state index is 13.2. The lowest BCUT2D eigenvalue weighted by Crippen LogP contribution is -2.32. The normalized spacial score (nSPS) is 13.5. The molecule has 0 radical (unpaired) electrons. The van der Waals surface area contributed by atoms with E-state index in [-0.39, 0.29) is 11.4 Å². The molecule has 0 aliphatic carbocycles. The van der Waals surface area contributed by atoms with Crippen LogP contribution in [0.15, 0.2) is 45.6 Å². The van der Waals surface area contributed by atoms with Crippen molar-refractivity contribution in [3.8, 4) is 5.75 Å². The quantitative estimate of drug-likeness (QED) is 0.613. The van der Waals surface area contributed by atoms with Gasteiger partial charge in [0.05, 0.1) is 0 Å². The van der Waals surface area contributed by atoms with Crippen LogP contribution in [0.1, 0.15) is 36.5 Å². The number of ether oxygens (including phenoxy) is 1. The molecule has 2 aromatic carbocycles. The van der Waals surface area contributed by atoms with Crippen molar-refractivity contribution >= 4 is 16.7 Å². The van der Waals surface area contributed by atoms with E-state index in [1.165, 1.54) is 12.1 Å². The minimum Gasteiger partial charge on any atom is -0.472 e. The van der Waals surface area contributed by atoms with Crippen molar-refractivity contribution in [2.75, 3.05) is 11.6 Å². The third-order valence-electron chi connectivity index (χ3n) is 5.09. The van der Waals surface area contributed by atoms with Gasteiger partial charge in [0, 0.05) is 34.8 Å². The first-order valence-electron chi connectivity index (χ1n) is 9.29. The molecule has 0 unspecified atom stereocenters. The Morgan fingerprint density at radius 3 is 2.70 bits per heavy atom. The molecular formula is C22H22FNO3. The fourth-order valence-corrected chi connectivity index (χ4v) is 3.68. The summed E-state index contributed by atoms with van der Waals surface area (Å²) in [4.78, 5) is 14.1. The summed E-state index contributed by atoms with van der Waals surface area (Å²) >= 11 is 0. The van der Waals surface area contributed by atoms with Crippen LogP contribution in [0.2, 0.25) is 0 Å². The molecule has 4 rings (SSSR count). The molecule has 140 valence electrons. The topological polar surface area (TPSA) is 42.7 Å². The predicted octanol–water partition coefficient (Wildman–Crippen LogP) is 4.94. The fraction of sp³-hybridized carbons (Fsp3) is 0.318. The first-order valence-corrected chi connectivity index (χ1v) is 9.29. The first-order chi connectivity index (χ1) is 13.1. The average Bonchev–Trinajstić information content (AvgIpc) is 2.67. The number of halogens is 1. The van der Waals surface area contributed by atoms with E-state index in [9.17, 15) is 9.18 Å². The number of unbranched alkanes of at least 4 members (excludes halogenated alkanes) is 1. The molecule has 0 bridgehead atoms. The summed E-state index contributed by atoms with van der Waals surface area (Å²) in [7, 11) is 0. The van der Waals surface area contributed by atoms with Crippen LogP contribution in [-0.2, 0) is 13.0 Å². The number of anilines is 1. The molecule has 0 amide bonds. The zero-order valence-corrected chi connectivity index (χ0v) is 15.5. The van der Waals surface area contributed by atoms with E-state index in [1.807, 2.05) is 6.92 Å². The Morgan fingerprint density at radius 2 is 1.96 bits per heavy atom. The third-order valence-corrected chi connectivity index (χ3v) is 5.09. The van der Waals surface area contributed by atoms with E-state index >= 15 is 0 Å². The molecule has 4 nitrogen and oxygen atoms in total. The van der Waals surface area contributed by atoms with Crippen molar-refractivity contribution in [3.05, 3.63) is 69.3 Å². The van der Waals surface area contributed by atoms with Crippen LogP contribution in [-0.4, -0.2) is 6.73 Å². The van der Waals surface area contributed by atoms with Crippen molar-refractivity contribution in [1.29, 1.82) is 0 Å². The molecule has 27 heavy (non-hydrogen) atoms. The van der Waals surface area contributed by atoms with Gasteiger partial charge in [-0.15, -0.1) is 0 Å². The molecular weight excluding hydrogens is 345 g/mol. The van der Waals surface area contributed by atoms with E-state index in [0.29, 0.717) is 18.9 Å². The van der Waals surface area contributed by atoms with Gasteiger partial charge in [-0.1, -0.05) is 13.3 Å². The van der Waals surface area contributed by atoms with Gasteiger partial charge in [0.25, 0.3) is 0 Å². The smallest absolute Gasteiger partial charge is 0.336 e. The number of rotatable bonds is 4. The van der Waals surface area contributed by atoms with Gasteiger partial charge in [0.1, 0.15) is 17.1 Å². The van der Waals surface area contributed by atoms with Crippen molar-refractivity contribution in [2.24, 2.45) is 0 Å². The Bertz CT molecular complexity index is 1040. The largest absolute Gasteiger partial charge is 0.472 e. The fourth-order valence-electron chi connectivity index (χ4n) is 3.68. The van der Waals surface area contributed by atoms with Crippen molar-refractivity contribution in [3.63, 3.8) is 0 Å². The molecule has 0 saturated carbocycles. The summed E-state index contributed by atoms with van der Waals surface area (Å²) in [5.41, 5.74) is 4.13. The molecule has 0 saturated heterocycles. The summed E-state index contributed by atoms with van der Waals surface area (Å²) in [5.74, 6) is 0.520. The number of aryl methyl sites for hydroxylation is 2. The molecule has 0 atom stereocenters. The van der Waals surface area contributed by atoms with Crippen LogP contribution >= 0.6 is 0 Å². The summed E-state index contributed by atoms with van der Waals surface area (Å²) in [6, 6.07) is 10.1. The molecule has 0 fully saturated rings. The van der Waals surface area contributed by atoms with Crippen LogP contribution in [0.4, 0.5) is 10.1 Å². The number of nitrogens with zero attached hydrogens (tertiary/aromatic N) is 1. The van der Waals surface area contributed by atoms with E-state index in [0.717, 1.165) is 52.8 Å². The van der Waals surface area contributed by atoms with Crippen LogP contribution in [0.5, 0.6) is 5.75 Å². The molecule has 2 heterocycles. The second-order valence-electron chi connectivity index (χ2n) is 7.01. The Morgan fingerprint density at radius 1 is 1.19 bits per heavy atom. The Balaban J connectivity index is 1.78. The van der Waals surface area contributed by atoms with Gasteiger partial charge in [0.2, 0.25) is 0 Å². The van der Waals surface area contributed by atoms with E-state index in [2.05, 4.69) is 17.9 Å². The first kappa shape index (κ1) is 17.6. The minimum atomic E-state index is -0.319. The van der Waals surface area contributed by atoms with Gasteiger partial charge in [0.15, 0.2) is 6.73 Å². The lowest BCUT2D eigenvalue weighted by molar-refractivity contribution is 0.287. The predicted molar refractivity (Wildman–Crippen MR) is 104 cm³/mol. The van der Waals surface area contributed by atoms with Crippen molar-refractivity contribution in [2.45, 2.75) is 39.7 Å². The summed E-state index contributed by atoms with van der Waals surface area (Å²) in [6.45, 7) is 5.09. The highest BCUT2D eigenvalue weighted by molar-refractivity contribution is 5.86.